The van der Waals surface area contributed by atoms with Crippen LogP contribution in [0.2, 0.25) is 5.02 Å². The maximum Gasteiger partial charge on any atom is 0.262 e. The molecule has 0 aliphatic rings. The van der Waals surface area contributed by atoms with Crippen LogP contribution in [0, 0.1) is 6.92 Å². The van der Waals surface area contributed by atoms with E-state index in [1.165, 1.54) is 5.56 Å². The summed E-state index contributed by atoms with van der Waals surface area (Å²) < 4.78 is 6.93. The molecule has 0 aliphatic carbocycles. The fourth-order valence-electron chi connectivity index (χ4n) is 3.61. The van der Waals surface area contributed by atoms with Crippen LogP contribution in [0.25, 0.3) is 10.9 Å². The molecule has 170 valence electrons. The first-order chi connectivity index (χ1) is 15.8. The van der Waals surface area contributed by atoms with E-state index in [1.54, 1.807) is 35.9 Å². The number of methoxy groups -OCH3 is 1. The van der Waals surface area contributed by atoms with Crippen LogP contribution < -0.4 is 10.5 Å². The van der Waals surface area contributed by atoms with E-state index in [9.17, 15) is 9.59 Å². The third-order valence-electron chi connectivity index (χ3n) is 5.26. The van der Waals surface area contributed by atoms with Crippen molar-refractivity contribution in [3.8, 4) is 5.75 Å². The number of carbonyl (C=O) groups is 2. The normalized spacial score (nSPS) is 10.4. The molecule has 0 unspecified atom stereocenters. The average molecular weight is 463 g/mol. The van der Waals surface area contributed by atoms with E-state index < -0.39 is 0 Å². The first-order valence-corrected chi connectivity index (χ1v) is 11.0. The van der Waals surface area contributed by atoms with E-state index in [-0.39, 0.29) is 11.8 Å². The summed E-state index contributed by atoms with van der Waals surface area (Å²) in [5, 5.41) is 1.60. The summed E-state index contributed by atoms with van der Waals surface area (Å²) in [5.41, 5.74) is 9.69. The monoisotopic (exact) mass is 462 g/mol. The summed E-state index contributed by atoms with van der Waals surface area (Å²) >= 11 is 5.87. The minimum atomic E-state index is -0.275. The van der Waals surface area contributed by atoms with E-state index in [2.05, 4.69) is 6.92 Å². The van der Waals surface area contributed by atoms with Crippen molar-refractivity contribution in [2.45, 2.75) is 26.7 Å². The van der Waals surface area contributed by atoms with Gasteiger partial charge >= 0.3 is 0 Å². The standard InChI is InChI=1S/C17H14ClNO2.C10H13NO/c1-11-9-13-10-15(21-2)7-8-16(13)19(11)17(20)12-3-5-14(18)6-4-12;1-2-8-4-3-5-9(6-8)7-10(11)12/h3-10H,1-2H3;3-6H,2,7H2,1H3,(H2,11,12). The molecule has 2 N–H and O–H groups in total. The molecule has 6 heteroatoms. The number of aromatic nitrogens is 1. The van der Waals surface area contributed by atoms with E-state index in [0.29, 0.717) is 17.0 Å². The van der Waals surface area contributed by atoms with Crippen molar-refractivity contribution in [3.05, 3.63) is 100 Å². The Morgan fingerprint density at radius 3 is 2.30 bits per heavy atom. The Kier molecular flexibility index (Phi) is 7.91. The van der Waals surface area contributed by atoms with Gasteiger partial charge in [0.15, 0.2) is 0 Å². The van der Waals surface area contributed by atoms with Crippen LogP contribution >= 0.6 is 11.6 Å². The highest BCUT2D eigenvalue weighted by molar-refractivity contribution is 6.30. The number of amides is 1. The second-order valence-corrected chi connectivity index (χ2v) is 8.11. The lowest BCUT2D eigenvalue weighted by Crippen LogP contribution is -2.13. The van der Waals surface area contributed by atoms with Crippen LogP contribution in [0.1, 0.15) is 34.1 Å². The molecule has 1 heterocycles. The van der Waals surface area contributed by atoms with Gasteiger partial charge in [0.2, 0.25) is 5.91 Å². The number of rotatable bonds is 5. The molecule has 0 saturated carbocycles. The van der Waals surface area contributed by atoms with Gasteiger partial charge < -0.3 is 10.5 Å². The molecule has 4 aromatic rings. The van der Waals surface area contributed by atoms with Gasteiger partial charge in [-0.15, -0.1) is 0 Å². The van der Waals surface area contributed by atoms with Crippen molar-refractivity contribution < 1.29 is 14.3 Å². The smallest absolute Gasteiger partial charge is 0.262 e. The van der Waals surface area contributed by atoms with Gasteiger partial charge in [-0.05, 0) is 73.0 Å². The summed E-state index contributed by atoms with van der Waals surface area (Å²) in [5.74, 6) is 0.436. The molecular formula is C27H27ClN2O3. The zero-order valence-corrected chi connectivity index (χ0v) is 19.7. The van der Waals surface area contributed by atoms with Crippen LogP contribution in [0.5, 0.6) is 5.75 Å². The van der Waals surface area contributed by atoms with E-state index in [1.807, 2.05) is 55.5 Å². The minimum absolute atomic E-state index is 0.0654. The summed E-state index contributed by atoms with van der Waals surface area (Å²) in [4.78, 5) is 23.3. The Labute approximate surface area is 198 Å². The molecule has 0 aliphatic heterocycles. The number of carbonyl (C=O) groups excluding carboxylic acids is 2. The quantitative estimate of drug-likeness (QED) is 0.421. The Hall–Kier alpha value is -3.57. The van der Waals surface area contributed by atoms with E-state index >= 15 is 0 Å². The molecule has 0 saturated heterocycles. The first-order valence-electron chi connectivity index (χ1n) is 10.6. The molecule has 3 aromatic carbocycles. The van der Waals surface area contributed by atoms with Crippen LogP contribution in [0.3, 0.4) is 0 Å². The fraction of sp³-hybridized carbons (Fsp3) is 0.185. The summed E-state index contributed by atoms with van der Waals surface area (Å²) in [6.07, 6.45) is 1.33. The van der Waals surface area contributed by atoms with Crippen molar-refractivity contribution in [2.24, 2.45) is 5.73 Å². The lowest BCUT2D eigenvalue weighted by molar-refractivity contribution is -0.117. The number of nitrogens with two attached hydrogens (primary N) is 1. The molecule has 0 spiro atoms. The van der Waals surface area contributed by atoms with Gasteiger partial charge in [0.05, 0.1) is 19.0 Å². The predicted molar refractivity (Wildman–Crippen MR) is 133 cm³/mol. The molecule has 33 heavy (non-hydrogen) atoms. The molecule has 0 atom stereocenters. The maximum atomic E-state index is 12.7. The third-order valence-corrected chi connectivity index (χ3v) is 5.52. The van der Waals surface area contributed by atoms with Crippen molar-refractivity contribution in [3.63, 3.8) is 0 Å². The zero-order valence-electron chi connectivity index (χ0n) is 19.0. The Morgan fingerprint density at radius 2 is 1.67 bits per heavy atom. The molecule has 1 aromatic heterocycles. The van der Waals surface area contributed by atoms with Crippen molar-refractivity contribution >= 4 is 34.3 Å². The highest BCUT2D eigenvalue weighted by atomic mass is 35.5. The number of primary amides is 1. The number of ether oxygens (including phenoxy) is 1. The van der Waals surface area contributed by atoms with Crippen LogP contribution in [-0.2, 0) is 17.6 Å². The van der Waals surface area contributed by atoms with E-state index in [0.717, 1.165) is 34.3 Å². The van der Waals surface area contributed by atoms with Crippen LogP contribution in [0.15, 0.2) is 72.8 Å². The number of halogens is 1. The number of nitrogens with zero attached hydrogens (tertiary/aromatic N) is 1. The number of benzene rings is 3. The molecule has 0 bridgehead atoms. The Morgan fingerprint density at radius 1 is 0.970 bits per heavy atom. The van der Waals surface area contributed by atoms with Gasteiger partial charge in [-0.2, -0.15) is 0 Å². The molecular weight excluding hydrogens is 436 g/mol. The molecule has 0 radical (unpaired) electrons. The molecule has 5 nitrogen and oxygen atoms in total. The average Bonchev–Trinajstić information content (AvgIpc) is 3.14. The van der Waals surface area contributed by atoms with E-state index in [4.69, 9.17) is 22.1 Å². The Balaban J connectivity index is 0.000000218. The Bertz CT molecular complexity index is 1280. The van der Waals surface area contributed by atoms with Crippen molar-refractivity contribution in [2.75, 3.05) is 7.11 Å². The number of hydrogen-bond acceptors (Lipinski definition) is 3. The van der Waals surface area contributed by atoms with Crippen LogP contribution in [0.4, 0.5) is 0 Å². The summed E-state index contributed by atoms with van der Waals surface area (Å²) in [6.45, 7) is 4.00. The molecule has 1 amide bonds. The van der Waals surface area contributed by atoms with Gasteiger partial charge in [0.25, 0.3) is 5.91 Å². The highest BCUT2D eigenvalue weighted by Crippen LogP contribution is 2.25. The largest absolute Gasteiger partial charge is 0.497 e. The lowest BCUT2D eigenvalue weighted by atomic mass is 10.1. The lowest BCUT2D eigenvalue weighted by Gasteiger charge is -2.07. The van der Waals surface area contributed by atoms with Crippen molar-refractivity contribution in [1.29, 1.82) is 0 Å². The number of fused-ring (bicyclic) bond motifs is 1. The first kappa shape index (κ1) is 24.1. The summed E-state index contributed by atoms with van der Waals surface area (Å²) in [6, 6.07) is 22.5. The third kappa shape index (κ3) is 6.02. The highest BCUT2D eigenvalue weighted by Gasteiger charge is 2.15. The van der Waals surface area contributed by atoms with Gasteiger partial charge in [-0.3, -0.25) is 14.2 Å². The van der Waals surface area contributed by atoms with Gasteiger partial charge in [-0.25, -0.2) is 0 Å². The van der Waals surface area contributed by atoms with Crippen LogP contribution in [-0.4, -0.2) is 23.5 Å². The fourth-order valence-corrected chi connectivity index (χ4v) is 3.74. The maximum absolute atomic E-state index is 12.7. The second kappa shape index (κ2) is 10.8. The van der Waals surface area contributed by atoms with Gasteiger partial charge in [0, 0.05) is 21.7 Å². The second-order valence-electron chi connectivity index (χ2n) is 7.67. The van der Waals surface area contributed by atoms with Gasteiger partial charge in [-0.1, -0.05) is 42.8 Å². The molecule has 4 rings (SSSR count). The number of aryl methyl sites for hydroxylation is 2. The topological polar surface area (TPSA) is 74.3 Å². The summed E-state index contributed by atoms with van der Waals surface area (Å²) in [7, 11) is 1.63. The minimum Gasteiger partial charge on any atom is -0.497 e. The van der Waals surface area contributed by atoms with Gasteiger partial charge in [0.1, 0.15) is 5.75 Å². The van der Waals surface area contributed by atoms with Crippen molar-refractivity contribution in [1.82, 2.24) is 4.57 Å². The predicted octanol–water partition coefficient (Wildman–Crippen LogP) is 5.58. The number of hydrogen-bond donors (Lipinski definition) is 1. The molecule has 0 fully saturated rings. The SMILES string of the molecule is CCc1cccc(CC(N)=O)c1.COc1ccc2c(c1)cc(C)n2C(=O)c1ccc(Cl)cc1. The zero-order chi connectivity index (χ0) is 24.0.